The molecule has 0 aromatic heterocycles. The summed E-state index contributed by atoms with van der Waals surface area (Å²) < 4.78 is 0. The maximum atomic E-state index is 6.16. The van der Waals surface area contributed by atoms with Crippen molar-refractivity contribution in [1.82, 2.24) is 5.32 Å². The molecule has 96 valence electrons. The van der Waals surface area contributed by atoms with Gasteiger partial charge in [-0.15, -0.1) is 0 Å². The first-order valence-electron chi connectivity index (χ1n) is 6.69. The van der Waals surface area contributed by atoms with Crippen molar-refractivity contribution in [2.45, 2.75) is 52.1 Å². The summed E-state index contributed by atoms with van der Waals surface area (Å²) in [5.74, 6) is 0. The van der Waals surface area contributed by atoms with Crippen LogP contribution in [-0.2, 0) is 0 Å². The highest BCUT2D eigenvalue weighted by Gasteiger charge is 2.07. The SMILES string of the molecule is CCCCC(C)NCC(N)c1ccc(C)cc1. The van der Waals surface area contributed by atoms with E-state index in [1.54, 1.807) is 0 Å². The molecule has 0 radical (unpaired) electrons. The fourth-order valence-electron chi connectivity index (χ4n) is 1.87. The zero-order chi connectivity index (χ0) is 12.7. The van der Waals surface area contributed by atoms with Gasteiger partial charge in [0.05, 0.1) is 0 Å². The van der Waals surface area contributed by atoms with Gasteiger partial charge in [0.2, 0.25) is 0 Å². The molecule has 2 atom stereocenters. The van der Waals surface area contributed by atoms with Gasteiger partial charge in [0.15, 0.2) is 0 Å². The second-order valence-corrected chi connectivity index (χ2v) is 4.97. The molecule has 0 fully saturated rings. The Hall–Kier alpha value is -0.860. The fourth-order valence-corrected chi connectivity index (χ4v) is 1.87. The van der Waals surface area contributed by atoms with E-state index < -0.39 is 0 Å². The summed E-state index contributed by atoms with van der Waals surface area (Å²) in [6, 6.07) is 9.15. The Kier molecular flexibility index (Phi) is 6.23. The minimum absolute atomic E-state index is 0.0969. The first-order chi connectivity index (χ1) is 8.13. The van der Waals surface area contributed by atoms with Crippen LogP contribution in [0.15, 0.2) is 24.3 Å². The predicted octanol–water partition coefficient (Wildman–Crippen LogP) is 3.16. The lowest BCUT2D eigenvalue weighted by Crippen LogP contribution is -2.33. The number of benzene rings is 1. The summed E-state index contributed by atoms with van der Waals surface area (Å²) in [5.41, 5.74) is 8.66. The average molecular weight is 234 g/mol. The van der Waals surface area contributed by atoms with Crippen molar-refractivity contribution >= 4 is 0 Å². The molecule has 1 aromatic carbocycles. The normalized spacial score (nSPS) is 14.6. The van der Waals surface area contributed by atoms with Crippen molar-refractivity contribution in [1.29, 1.82) is 0 Å². The fraction of sp³-hybridized carbons (Fsp3) is 0.600. The topological polar surface area (TPSA) is 38.0 Å². The third-order valence-corrected chi connectivity index (χ3v) is 3.18. The van der Waals surface area contributed by atoms with Gasteiger partial charge in [-0.05, 0) is 25.8 Å². The zero-order valence-corrected chi connectivity index (χ0v) is 11.4. The van der Waals surface area contributed by atoms with E-state index in [0.717, 1.165) is 6.54 Å². The standard InChI is InChI=1S/C15H26N2/c1-4-5-6-13(3)17-11-15(16)14-9-7-12(2)8-10-14/h7-10,13,15,17H,4-6,11,16H2,1-3H3. The van der Waals surface area contributed by atoms with Crippen molar-refractivity contribution in [3.8, 4) is 0 Å². The Morgan fingerprint density at radius 2 is 1.88 bits per heavy atom. The third-order valence-electron chi connectivity index (χ3n) is 3.18. The molecule has 0 aliphatic heterocycles. The highest BCUT2D eigenvalue weighted by Crippen LogP contribution is 2.11. The smallest absolute Gasteiger partial charge is 0.0421 e. The molecule has 0 amide bonds. The predicted molar refractivity (Wildman–Crippen MR) is 75.1 cm³/mol. The van der Waals surface area contributed by atoms with E-state index in [0.29, 0.717) is 6.04 Å². The van der Waals surface area contributed by atoms with Gasteiger partial charge in [-0.25, -0.2) is 0 Å². The van der Waals surface area contributed by atoms with Crippen LogP contribution in [0.25, 0.3) is 0 Å². The molecule has 2 unspecified atom stereocenters. The summed E-state index contributed by atoms with van der Waals surface area (Å²) in [6.07, 6.45) is 3.78. The Morgan fingerprint density at radius 3 is 2.47 bits per heavy atom. The van der Waals surface area contributed by atoms with Gasteiger partial charge in [-0.2, -0.15) is 0 Å². The number of hydrogen-bond acceptors (Lipinski definition) is 2. The number of nitrogens with two attached hydrogens (primary N) is 1. The molecular weight excluding hydrogens is 208 g/mol. The van der Waals surface area contributed by atoms with Gasteiger partial charge in [0, 0.05) is 18.6 Å². The van der Waals surface area contributed by atoms with E-state index in [1.165, 1.54) is 30.4 Å². The first kappa shape index (κ1) is 14.2. The van der Waals surface area contributed by atoms with Crippen LogP contribution in [0, 0.1) is 6.92 Å². The molecule has 3 N–H and O–H groups in total. The average Bonchev–Trinajstić information content (AvgIpc) is 2.34. The third kappa shape index (κ3) is 5.33. The molecule has 17 heavy (non-hydrogen) atoms. The summed E-state index contributed by atoms with van der Waals surface area (Å²) in [7, 11) is 0. The number of nitrogens with one attached hydrogen (secondary N) is 1. The van der Waals surface area contributed by atoms with E-state index in [2.05, 4.69) is 50.4 Å². The van der Waals surface area contributed by atoms with Crippen molar-refractivity contribution < 1.29 is 0 Å². The van der Waals surface area contributed by atoms with Gasteiger partial charge in [-0.1, -0.05) is 49.6 Å². The van der Waals surface area contributed by atoms with E-state index in [4.69, 9.17) is 5.73 Å². The molecule has 0 saturated carbocycles. The lowest BCUT2D eigenvalue weighted by atomic mass is 10.1. The van der Waals surface area contributed by atoms with Crippen LogP contribution >= 0.6 is 0 Å². The molecular formula is C15H26N2. The summed E-state index contributed by atoms with van der Waals surface area (Å²) in [4.78, 5) is 0. The van der Waals surface area contributed by atoms with Gasteiger partial charge in [0.1, 0.15) is 0 Å². The van der Waals surface area contributed by atoms with E-state index in [9.17, 15) is 0 Å². The number of aryl methyl sites for hydroxylation is 1. The molecule has 0 heterocycles. The Morgan fingerprint density at radius 1 is 1.24 bits per heavy atom. The highest BCUT2D eigenvalue weighted by molar-refractivity contribution is 5.24. The van der Waals surface area contributed by atoms with Crippen molar-refractivity contribution in [2.75, 3.05) is 6.54 Å². The maximum Gasteiger partial charge on any atom is 0.0421 e. The first-order valence-corrected chi connectivity index (χ1v) is 6.69. The molecule has 1 rings (SSSR count). The minimum Gasteiger partial charge on any atom is -0.323 e. The number of rotatable bonds is 7. The van der Waals surface area contributed by atoms with Crippen molar-refractivity contribution in [2.24, 2.45) is 5.73 Å². The molecule has 1 aromatic rings. The summed E-state index contributed by atoms with van der Waals surface area (Å²) >= 11 is 0. The van der Waals surface area contributed by atoms with Crippen LogP contribution in [0.5, 0.6) is 0 Å². The molecule has 2 heteroatoms. The maximum absolute atomic E-state index is 6.16. The molecule has 0 saturated heterocycles. The Balaban J connectivity index is 2.34. The van der Waals surface area contributed by atoms with Crippen LogP contribution in [0.1, 0.15) is 50.3 Å². The monoisotopic (exact) mass is 234 g/mol. The van der Waals surface area contributed by atoms with Crippen molar-refractivity contribution in [3.05, 3.63) is 35.4 Å². The van der Waals surface area contributed by atoms with Gasteiger partial charge >= 0.3 is 0 Å². The molecule has 2 nitrogen and oxygen atoms in total. The van der Waals surface area contributed by atoms with E-state index in [1.807, 2.05) is 0 Å². The number of hydrogen-bond donors (Lipinski definition) is 2. The Labute approximate surface area is 106 Å². The summed E-state index contributed by atoms with van der Waals surface area (Å²) in [5, 5.41) is 3.51. The van der Waals surface area contributed by atoms with Crippen LogP contribution in [0.4, 0.5) is 0 Å². The number of unbranched alkanes of at least 4 members (excludes halogenated alkanes) is 1. The van der Waals surface area contributed by atoms with Crippen LogP contribution in [-0.4, -0.2) is 12.6 Å². The van der Waals surface area contributed by atoms with E-state index >= 15 is 0 Å². The van der Waals surface area contributed by atoms with Gasteiger partial charge < -0.3 is 11.1 Å². The van der Waals surface area contributed by atoms with Gasteiger partial charge in [-0.3, -0.25) is 0 Å². The quantitative estimate of drug-likeness (QED) is 0.760. The zero-order valence-electron chi connectivity index (χ0n) is 11.4. The second kappa shape index (κ2) is 7.46. The molecule has 0 bridgehead atoms. The lowest BCUT2D eigenvalue weighted by Gasteiger charge is -2.18. The minimum atomic E-state index is 0.0969. The second-order valence-electron chi connectivity index (χ2n) is 4.97. The molecule has 0 spiro atoms. The lowest BCUT2D eigenvalue weighted by molar-refractivity contribution is 0.472. The van der Waals surface area contributed by atoms with Crippen LogP contribution < -0.4 is 11.1 Å². The molecule has 0 aliphatic rings. The van der Waals surface area contributed by atoms with E-state index in [-0.39, 0.29) is 6.04 Å². The van der Waals surface area contributed by atoms with Crippen molar-refractivity contribution in [3.63, 3.8) is 0 Å². The van der Waals surface area contributed by atoms with Crippen LogP contribution in [0.2, 0.25) is 0 Å². The van der Waals surface area contributed by atoms with Gasteiger partial charge in [0.25, 0.3) is 0 Å². The largest absolute Gasteiger partial charge is 0.323 e. The Bertz CT molecular complexity index is 305. The summed E-state index contributed by atoms with van der Waals surface area (Å²) in [6.45, 7) is 7.41. The molecule has 0 aliphatic carbocycles. The highest BCUT2D eigenvalue weighted by atomic mass is 14.9. The van der Waals surface area contributed by atoms with Crippen LogP contribution in [0.3, 0.4) is 0 Å².